The second kappa shape index (κ2) is 7.48. The molecule has 0 aromatic heterocycles. The maximum Gasteiger partial charge on any atom is 0.309 e. The highest BCUT2D eigenvalue weighted by atomic mass is 32.2. The van der Waals surface area contributed by atoms with E-state index in [0.29, 0.717) is 5.75 Å². The summed E-state index contributed by atoms with van der Waals surface area (Å²) in [6, 6.07) is 9.93. The minimum absolute atomic E-state index is 0.129. The van der Waals surface area contributed by atoms with Crippen LogP contribution in [0.2, 0.25) is 0 Å². The van der Waals surface area contributed by atoms with E-state index in [1.165, 1.54) is 18.9 Å². The van der Waals surface area contributed by atoms with E-state index < -0.39 is 0 Å². The fraction of sp³-hybridized carbons (Fsp3) is 0.500. The van der Waals surface area contributed by atoms with Crippen LogP contribution in [0, 0.1) is 11.8 Å². The van der Waals surface area contributed by atoms with E-state index in [1.54, 1.807) is 0 Å². The van der Waals surface area contributed by atoms with Gasteiger partial charge in [0.1, 0.15) is 0 Å². The first-order valence-corrected chi connectivity index (χ1v) is 7.99. The number of thioether (sulfide) groups is 1. The van der Waals surface area contributed by atoms with Crippen molar-refractivity contribution in [3.8, 4) is 0 Å². The highest BCUT2D eigenvalue weighted by Gasteiger charge is 2.36. The van der Waals surface area contributed by atoms with Crippen molar-refractivity contribution in [2.75, 3.05) is 7.11 Å². The van der Waals surface area contributed by atoms with Gasteiger partial charge in [0.05, 0.1) is 13.0 Å². The van der Waals surface area contributed by atoms with Crippen LogP contribution in [-0.4, -0.2) is 18.2 Å². The molecule has 0 heterocycles. The lowest BCUT2D eigenvalue weighted by molar-refractivity contribution is -0.150. The minimum atomic E-state index is -0.246. The molecule has 1 fully saturated rings. The van der Waals surface area contributed by atoms with Gasteiger partial charge < -0.3 is 4.74 Å². The smallest absolute Gasteiger partial charge is 0.309 e. The summed E-state index contributed by atoms with van der Waals surface area (Å²) in [5.74, 6) is 0.0159. The van der Waals surface area contributed by atoms with Crippen LogP contribution < -0.4 is 0 Å². The number of benzene rings is 1. The van der Waals surface area contributed by atoms with Gasteiger partial charge in [0.2, 0.25) is 0 Å². The van der Waals surface area contributed by atoms with Crippen LogP contribution in [0.5, 0.6) is 0 Å². The zero-order valence-corrected chi connectivity index (χ0v) is 12.5. The number of esters is 1. The van der Waals surface area contributed by atoms with Crippen molar-refractivity contribution in [2.45, 2.75) is 31.4 Å². The second-order valence-electron chi connectivity index (χ2n) is 5.11. The fourth-order valence-electron chi connectivity index (χ4n) is 2.68. The molecule has 0 unspecified atom stereocenters. The molecule has 1 aromatic carbocycles. The minimum Gasteiger partial charge on any atom is -0.469 e. The third-order valence-corrected chi connectivity index (χ3v) is 4.86. The standard InChI is InChI=1S/C16H20O3S/c1-19-15(17)13-9-5-6-10-14(13)16(18)20-11-12-7-3-2-4-8-12/h2-4,7-8,13-14H,5-6,9-11H2,1H3/t13-,14+/m0/s1. The van der Waals surface area contributed by atoms with Gasteiger partial charge in [0, 0.05) is 11.7 Å². The Hall–Kier alpha value is -1.29. The van der Waals surface area contributed by atoms with Gasteiger partial charge in [-0.2, -0.15) is 0 Å². The van der Waals surface area contributed by atoms with Crippen molar-refractivity contribution >= 4 is 22.8 Å². The van der Waals surface area contributed by atoms with E-state index in [9.17, 15) is 9.59 Å². The summed E-state index contributed by atoms with van der Waals surface area (Å²) in [6.07, 6.45) is 3.61. The summed E-state index contributed by atoms with van der Waals surface area (Å²) >= 11 is 1.32. The van der Waals surface area contributed by atoms with Crippen LogP contribution >= 0.6 is 11.8 Å². The molecule has 3 nitrogen and oxygen atoms in total. The molecule has 1 aliphatic carbocycles. The maximum absolute atomic E-state index is 12.4. The molecule has 4 heteroatoms. The molecule has 0 bridgehead atoms. The number of hydrogen-bond donors (Lipinski definition) is 0. The van der Waals surface area contributed by atoms with Gasteiger partial charge in [-0.3, -0.25) is 9.59 Å². The molecular weight excluding hydrogens is 272 g/mol. The topological polar surface area (TPSA) is 43.4 Å². The molecule has 0 N–H and O–H groups in total. The molecule has 1 aromatic rings. The predicted molar refractivity (Wildman–Crippen MR) is 80.2 cm³/mol. The number of rotatable bonds is 4. The van der Waals surface area contributed by atoms with Crippen molar-refractivity contribution in [2.24, 2.45) is 11.8 Å². The average Bonchev–Trinajstić information content (AvgIpc) is 2.52. The highest BCUT2D eigenvalue weighted by Crippen LogP contribution is 2.35. The van der Waals surface area contributed by atoms with Crippen molar-refractivity contribution in [1.82, 2.24) is 0 Å². The van der Waals surface area contributed by atoms with Gasteiger partial charge in [0.25, 0.3) is 0 Å². The first-order chi connectivity index (χ1) is 9.72. The van der Waals surface area contributed by atoms with Crippen molar-refractivity contribution in [3.63, 3.8) is 0 Å². The summed E-state index contributed by atoms with van der Waals surface area (Å²) in [5.41, 5.74) is 1.14. The Labute approximate surface area is 124 Å². The Morgan fingerprint density at radius 1 is 1.15 bits per heavy atom. The predicted octanol–water partition coefficient (Wildman–Crippen LogP) is 3.43. The molecule has 0 amide bonds. The van der Waals surface area contributed by atoms with Gasteiger partial charge in [-0.05, 0) is 18.4 Å². The largest absolute Gasteiger partial charge is 0.469 e. The fourth-order valence-corrected chi connectivity index (χ4v) is 3.68. The molecular formula is C16H20O3S. The molecule has 108 valence electrons. The second-order valence-corrected chi connectivity index (χ2v) is 6.09. The van der Waals surface area contributed by atoms with Crippen LogP contribution in [0.1, 0.15) is 31.2 Å². The van der Waals surface area contributed by atoms with Crippen LogP contribution in [0.25, 0.3) is 0 Å². The van der Waals surface area contributed by atoms with E-state index in [1.807, 2.05) is 30.3 Å². The number of hydrogen-bond acceptors (Lipinski definition) is 4. The molecule has 1 saturated carbocycles. The zero-order valence-electron chi connectivity index (χ0n) is 11.7. The van der Waals surface area contributed by atoms with Gasteiger partial charge in [-0.15, -0.1) is 0 Å². The van der Waals surface area contributed by atoms with E-state index in [4.69, 9.17) is 4.74 Å². The average molecular weight is 292 g/mol. The van der Waals surface area contributed by atoms with Crippen LogP contribution in [0.15, 0.2) is 30.3 Å². The van der Waals surface area contributed by atoms with Gasteiger partial charge in [-0.1, -0.05) is 54.9 Å². The van der Waals surface area contributed by atoms with Crippen molar-refractivity contribution in [3.05, 3.63) is 35.9 Å². The third kappa shape index (κ3) is 3.85. The lowest BCUT2D eigenvalue weighted by atomic mass is 9.80. The summed E-state index contributed by atoms with van der Waals surface area (Å²) in [6.45, 7) is 0. The molecule has 0 spiro atoms. The molecule has 0 radical (unpaired) electrons. The first-order valence-electron chi connectivity index (χ1n) is 7.00. The van der Waals surface area contributed by atoms with Gasteiger partial charge in [0.15, 0.2) is 5.12 Å². The number of ether oxygens (including phenoxy) is 1. The van der Waals surface area contributed by atoms with E-state index in [2.05, 4.69) is 0 Å². The summed E-state index contributed by atoms with van der Waals surface area (Å²) in [4.78, 5) is 24.1. The Bertz CT molecular complexity index is 458. The number of carbonyl (C=O) groups is 2. The zero-order chi connectivity index (χ0) is 14.4. The van der Waals surface area contributed by atoms with Gasteiger partial charge in [-0.25, -0.2) is 0 Å². The molecule has 1 aliphatic rings. The van der Waals surface area contributed by atoms with E-state index in [-0.39, 0.29) is 22.9 Å². The van der Waals surface area contributed by atoms with E-state index in [0.717, 1.165) is 31.2 Å². The molecule has 2 atom stereocenters. The third-order valence-electron chi connectivity index (χ3n) is 3.80. The van der Waals surface area contributed by atoms with Crippen molar-refractivity contribution in [1.29, 1.82) is 0 Å². The summed E-state index contributed by atoms with van der Waals surface area (Å²) < 4.78 is 4.83. The molecule has 0 saturated heterocycles. The Morgan fingerprint density at radius 2 is 1.80 bits per heavy atom. The molecule has 0 aliphatic heterocycles. The summed E-state index contributed by atoms with van der Waals surface area (Å²) in [5, 5.41) is 0.129. The molecule has 2 rings (SSSR count). The SMILES string of the molecule is COC(=O)[C@H]1CCCC[C@H]1C(=O)SCc1ccccc1. The Balaban J connectivity index is 1.94. The highest BCUT2D eigenvalue weighted by molar-refractivity contribution is 8.13. The molecule has 20 heavy (non-hydrogen) atoms. The van der Waals surface area contributed by atoms with Crippen molar-refractivity contribution < 1.29 is 14.3 Å². The van der Waals surface area contributed by atoms with Crippen LogP contribution in [0.3, 0.4) is 0 Å². The lowest BCUT2D eigenvalue weighted by Crippen LogP contribution is -2.32. The normalized spacial score (nSPS) is 22.2. The lowest BCUT2D eigenvalue weighted by Gasteiger charge is -2.27. The van der Waals surface area contributed by atoms with E-state index >= 15 is 0 Å². The van der Waals surface area contributed by atoms with Crippen LogP contribution in [0.4, 0.5) is 0 Å². The Kier molecular flexibility index (Phi) is 5.65. The maximum atomic E-state index is 12.4. The van der Waals surface area contributed by atoms with Gasteiger partial charge >= 0.3 is 5.97 Å². The monoisotopic (exact) mass is 292 g/mol. The Morgan fingerprint density at radius 3 is 2.45 bits per heavy atom. The number of methoxy groups -OCH3 is 1. The quantitative estimate of drug-likeness (QED) is 0.798. The summed E-state index contributed by atoms with van der Waals surface area (Å²) in [7, 11) is 1.40. The van der Waals surface area contributed by atoms with Crippen LogP contribution in [-0.2, 0) is 20.1 Å². The number of carbonyl (C=O) groups excluding carboxylic acids is 2. The first kappa shape index (κ1) is 15.1.